The number of nitrogens with zero attached hydrogens (tertiary/aromatic N) is 1. The molecule has 24 heavy (non-hydrogen) atoms. The summed E-state index contributed by atoms with van der Waals surface area (Å²) in [6.45, 7) is 9.73. The van der Waals surface area contributed by atoms with Crippen molar-refractivity contribution < 1.29 is 9.59 Å². The third-order valence-corrected chi connectivity index (χ3v) is 5.28. The summed E-state index contributed by atoms with van der Waals surface area (Å²) < 4.78 is 0. The Labute approximate surface area is 148 Å². The molecule has 0 radical (unpaired) electrons. The van der Waals surface area contributed by atoms with E-state index >= 15 is 0 Å². The number of benzene rings is 1. The number of anilines is 1. The molecule has 1 aliphatic heterocycles. The van der Waals surface area contributed by atoms with Crippen LogP contribution in [0.3, 0.4) is 0 Å². The number of carbonyl (C=O) groups is 2. The van der Waals surface area contributed by atoms with Crippen molar-refractivity contribution >= 4 is 29.3 Å². The molecule has 1 unspecified atom stereocenters. The molecule has 0 aliphatic carbocycles. The Morgan fingerprint density at radius 2 is 1.75 bits per heavy atom. The van der Waals surface area contributed by atoms with E-state index in [-0.39, 0.29) is 24.4 Å². The third kappa shape index (κ3) is 4.98. The molecule has 2 amide bonds. The van der Waals surface area contributed by atoms with Gasteiger partial charge >= 0.3 is 0 Å². The number of aryl methyl sites for hydroxylation is 3. The summed E-state index contributed by atoms with van der Waals surface area (Å²) in [5.41, 5.74) is 4.07. The Bertz CT molecular complexity index is 589. The first-order valence-electron chi connectivity index (χ1n) is 8.35. The minimum atomic E-state index is -0.195. The number of rotatable bonds is 5. The highest BCUT2D eigenvalue weighted by molar-refractivity contribution is 7.99. The van der Waals surface area contributed by atoms with Crippen molar-refractivity contribution in [2.24, 2.45) is 0 Å². The average molecular weight is 350 g/mol. The van der Waals surface area contributed by atoms with Gasteiger partial charge in [-0.05, 0) is 38.8 Å². The van der Waals surface area contributed by atoms with Gasteiger partial charge in [-0.3, -0.25) is 14.5 Å². The van der Waals surface area contributed by atoms with E-state index in [1.54, 1.807) is 0 Å². The predicted octanol–water partition coefficient (Wildman–Crippen LogP) is 2.10. The summed E-state index contributed by atoms with van der Waals surface area (Å²) in [7, 11) is 0. The van der Waals surface area contributed by atoms with Gasteiger partial charge in [0.15, 0.2) is 0 Å². The Hall–Kier alpha value is -1.53. The van der Waals surface area contributed by atoms with Crippen LogP contribution in [-0.4, -0.2) is 53.9 Å². The van der Waals surface area contributed by atoms with Crippen LogP contribution in [0, 0.1) is 20.8 Å². The van der Waals surface area contributed by atoms with Crippen molar-refractivity contribution in [2.45, 2.75) is 33.7 Å². The van der Waals surface area contributed by atoms with Crippen molar-refractivity contribution in [3.05, 3.63) is 28.8 Å². The van der Waals surface area contributed by atoms with E-state index in [1.165, 1.54) is 5.56 Å². The Balaban J connectivity index is 1.85. The Kier molecular flexibility index (Phi) is 6.69. The van der Waals surface area contributed by atoms with Gasteiger partial charge < -0.3 is 10.6 Å². The lowest BCUT2D eigenvalue weighted by atomic mass is 10.1. The van der Waals surface area contributed by atoms with Crippen molar-refractivity contribution in [3.8, 4) is 0 Å². The second-order valence-electron chi connectivity index (χ2n) is 6.36. The van der Waals surface area contributed by atoms with Crippen molar-refractivity contribution in [1.29, 1.82) is 0 Å². The topological polar surface area (TPSA) is 61.4 Å². The first-order valence-corrected chi connectivity index (χ1v) is 9.51. The molecular weight excluding hydrogens is 322 g/mol. The maximum atomic E-state index is 12.2. The first kappa shape index (κ1) is 18.8. The molecule has 5 nitrogen and oxygen atoms in total. The molecule has 0 bridgehead atoms. The third-order valence-electron chi connectivity index (χ3n) is 4.34. The molecule has 1 aromatic carbocycles. The van der Waals surface area contributed by atoms with Crippen LogP contribution in [-0.2, 0) is 9.59 Å². The fourth-order valence-electron chi connectivity index (χ4n) is 3.01. The van der Waals surface area contributed by atoms with Crippen LogP contribution in [0.1, 0.15) is 23.6 Å². The van der Waals surface area contributed by atoms with E-state index in [1.807, 2.05) is 51.6 Å². The SMILES string of the molecule is Cc1cc(C)c(NC(=O)CNC(=O)C(C)N2CCSCC2)c(C)c1. The molecule has 1 atom stereocenters. The van der Waals surface area contributed by atoms with Gasteiger partial charge in [0.05, 0.1) is 12.6 Å². The summed E-state index contributed by atoms with van der Waals surface area (Å²) in [5, 5.41) is 5.66. The highest BCUT2D eigenvalue weighted by atomic mass is 32.2. The molecule has 1 aliphatic rings. The van der Waals surface area contributed by atoms with Gasteiger partial charge in [0.2, 0.25) is 11.8 Å². The van der Waals surface area contributed by atoms with Crippen molar-refractivity contribution in [2.75, 3.05) is 36.5 Å². The average Bonchev–Trinajstić information content (AvgIpc) is 2.56. The zero-order valence-corrected chi connectivity index (χ0v) is 15.8. The molecular formula is C18H27N3O2S. The fourth-order valence-corrected chi connectivity index (χ4v) is 3.94. The quantitative estimate of drug-likeness (QED) is 0.855. The number of hydrogen-bond acceptors (Lipinski definition) is 4. The smallest absolute Gasteiger partial charge is 0.243 e. The molecule has 1 heterocycles. The number of carbonyl (C=O) groups excluding carboxylic acids is 2. The van der Waals surface area contributed by atoms with Crippen molar-refractivity contribution in [3.63, 3.8) is 0 Å². The van der Waals surface area contributed by atoms with Crippen LogP contribution in [0.15, 0.2) is 12.1 Å². The second kappa shape index (κ2) is 8.53. The first-order chi connectivity index (χ1) is 11.4. The summed E-state index contributed by atoms with van der Waals surface area (Å²) >= 11 is 1.91. The predicted molar refractivity (Wildman–Crippen MR) is 101 cm³/mol. The van der Waals surface area contributed by atoms with E-state index in [9.17, 15) is 9.59 Å². The van der Waals surface area contributed by atoms with Gasteiger partial charge in [-0.15, -0.1) is 0 Å². The van der Waals surface area contributed by atoms with Gasteiger partial charge in [-0.1, -0.05) is 17.7 Å². The molecule has 1 fully saturated rings. The summed E-state index contributed by atoms with van der Waals surface area (Å²) in [5.74, 6) is 1.84. The highest BCUT2D eigenvalue weighted by Crippen LogP contribution is 2.21. The molecule has 132 valence electrons. The normalized spacial score (nSPS) is 16.5. The van der Waals surface area contributed by atoms with Gasteiger partial charge in [0.25, 0.3) is 0 Å². The van der Waals surface area contributed by atoms with E-state index in [0.29, 0.717) is 0 Å². The standard InChI is InChI=1S/C18H27N3O2S/c1-12-9-13(2)17(14(3)10-12)20-16(22)11-19-18(23)15(4)21-5-7-24-8-6-21/h9-10,15H,5-8,11H2,1-4H3,(H,19,23)(H,20,22). The van der Waals surface area contributed by atoms with E-state index < -0.39 is 0 Å². The molecule has 0 spiro atoms. The lowest BCUT2D eigenvalue weighted by molar-refractivity contribution is -0.127. The zero-order chi connectivity index (χ0) is 17.7. The number of amides is 2. The monoisotopic (exact) mass is 349 g/mol. The molecule has 1 aromatic rings. The van der Waals surface area contributed by atoms with Crippen LogP contribution < -0.4 is 10.6 Å². The van der Waals surface area contributed by atoms with Crippen LogP contribution in [0.4, 0.5) is 5.69 Å². The molecule has 2 rings (SSSR count). The van der Waals surface area contributed by atoms with Gasteiger partial charge in [0, 0.05) is 30.3 Å². The van der Waals surface area contributed by atoms with E-state index in [2.05, 4.69) is 15.5 Å². The van der Waals surface area contributed by atoms with Gasteiger partial charge in [0.1, 0.15) is 0 Å². The lowest BCUT2D eigenvalue weighted by Crippen LogP contribution is -2.49. The molecule has 0 aromatic heterocycles. The molecule has 1 saturated heterocycles. The fraction of sp³-hybridized carbons (Fsp3) is 0.556. The molecule has 2 N–H and O–H groups in total. The second-order valence-corrected chi connectivity index (χ2v) is 7.59. The summed E-state index contributed by atoms with van der Waals surface area (Å²) in [4.78, 5) is 26.6. The largest absolute Gasteiger partial charge is 0.346 e. The van der Waals surface area contributed by atoms with Gasteiger partial charge in [-0.25, -0.2) is 0 Å². The lowest BCUT2D eigenvalue weighted by Gasteiger charge is -2.31. The van der Waals surface area contributed by atoms with E-state index in [0.717, 1.165) is 41.4 Å². The van der Waals surface area contributed by atoms with E-state index in [4.69, 9.17) is 0 Å². The van der Waals surface area contributed by atoms with Crippen LogP contribution in [0.2, 0.25) is 0 Å². The minimum Gasteiger partial charge on any atom is -0.346 e. The van der Waals surface area contributed by atoms with Crippen molar-refractivity contribution in [1.82, 2.24) is 10.2 Å². The maximum absolute atomic E-state index is 12.2. The maximum Gasteiger partial charge on any atom is 0.243 e. The summed E-state index contributed by atoms with van der Waals surface area (Å²) in [6, 6.07) is 3.89. The molecule has 0 saturated carbocycles. The number of nitrogens with one attached hydrogen (secondary N) is 2. The Morgan fingerprint density at radius 1 is 1.17 bits per heavy atom. The van der Waals surface area contributed by atoms with Gasteiger partial charge in [-0.2, -0.15) is 11.8 Å². The van der Waals surface area contributed by atoms with Crippen LogP contribution in [0.5, 0.6) is 0 Å². The van der Waals surface area contributed by atoms with Crippen LogP contribution >= 0.6 is 11.8 Å². The number of thioether (sulfide) groups is 1. The number of hydrogen-bond donors (Lipinski definition) is 2. The Morgan fingerprint density at radius 3 is 2.33 bits per heavy atom. The summed E-state index contributed by atoms with van der Waals surface area (Å²) in [6.07, 6.45) is 0. The van der Waals surface area contributed by atoms with Crippen LogP contribution in [0.25, 0.3) is 0 Å². The highest BCUT2D eigenvalue weighted by Gasteiger charge is 2.23. The minimum absolute atomic E-state index is 0.00147. The molecule has 6 heteroatoms. The zero-order valence-electron chi connectivity index (χ0n) is 14.9.